The van der Waals surface area contributed by atoms with E-state index in [2.05, 4.69) is 10.1 Å². The van der Waals surface area contributed by atoms with Gasteiger partial charge in [-0.3, -0.25) is 4.79 Å². The molecule has 1 aromatic carbocycles. The summed E-state index contributed by atoms with van der Waals surface area (Å²) in [5.74, 6) is 0.646. The van der Waals surface area contributed by atoms with Crippen molar-refractivity contribution in [2.24, 2.45) is 0 Å². The highest BCUT2D eigenvalue weighted by Gasteiger charge is 2.17. The average Bonchev–Trinajstić information content (AvgIpc) is 2.94. The summed E-state index contributed by atoms with van der Waals surface area (Å²) in [5.41, 5.74) is 6.74. The van der Waals surface area contributed by atoms with Crippen LogP contribution in [-0.2, 0) is 11.3 Å². The number of hydrogen-bond donors (Lipinski definition) is 1. The van der Waals surface area contributed by atoms with Gasteiger partial charge in [0.05, 0.1) is 6.54 Å². The Morgan fingerprint density at radius 2 is 2.29 bits per heavy atom. The second-order valence-electron chi connectivity index (χ2n) is 4.71. The lowest BCUT2D eigenvalue weighted by molar-refractivity contribution is 0.0769. The van der Waals surface area contributed by atoms with Crippen molar-refractivity contribution in [1.29, 1.82) is 0 Å². The minimum Gasteiger partial charge on any atom is -0.399 e. The van der Waals surface area contributed by atoms with E-state index in [1.54, 1.807) is 38.4 Å². The molecule has 0 fully saturated rings. The van der Waals surface area contributed by atoms with Crippen molar-refractivity contribution in [3.8, 4) is 0 Å². The van der Waals surface area contributed by atoms with Crippen LogP contribution in [-0.4, -0.2) is 35.1 Å². The smallest absolute Gasteiger partial charge is 0.254 e. The number of ether oxygens (including phenoxy) is 1. The standard InChI is InChI=1S/C14H18N4O3/c1-9(20-3)13-16-12(21-17-13)8-18(2)14(19)10-5-4-6-11(15)7-10/h4-7,9H,8,15H2,1-3H3. The van der Waals surface area contributed by atoms with Crippen molar-refractivity contribution in [3.05, 3.63) is 41.5 Å². The molecule has 1 unspecified atom stereocenters. The summed E-state index contributed by atoms with van der Waals surface area (Å²) in [4.78, 5) is 17.9. The second kappa shape index (κ2) is 6.36. The van der Waals surface area contributed by atoms with Crippen molar-refractivity contribution < 1.29 is 14.1 Å². The van der Waals surface area contributed by atoms with Crippen LogP contribution < -0.4 is 5.73 Å². The Morgan fingerprint density at radius 1 is 1.52 bits per heavy atom. The first-order valence-corrected chi connectivity index (χ1v) is 6.47. The Kier molecular flexibility index (Phi) is 4.54. The van der Waals surface area contributed by atoms with Crippen LogP contribution in [0.3, 0.4) is 0 Å². The molecule has 0 saturated heterocycles. The van der Waals surface area contributed by atoms with Crippen LogP contribution in [0.5, 0.6) is 0 Å². The number of aromatic nitrogens is 2. The molecule has 7 heteroatoms. The Balaban J connectivity index is 2.05. The largest absolute Gasteiger partial charge is 0.399 e. The van der Waals surface area contributed by atoms with E-state index in [0.717, 1.165) is 0 Å². The summed E-state index contributed by atoms with van der Waals surface area (Å²) in [6, 6.07) is 6.81. The summed E-state index contributed by atoms with van der Waals surface area (Å²) in [6.45, 7) is 2.04. The Morgan fingerprint density at radius 3 is 2.95 bits per heavy atom. The first-order valence-electron chi connectivity index (χ1n) is 6.47. The fourth-order valence-electron chi connectivity index (χ4n) is 1.77. The van der Waals surface area contributed by atoms with Crippen LogP contribution in [0.25, 0.3) is 0 Å². The molecule has 0 spiro atoms. The number of methoxy groups -OCH3 is 1. The highest BCUT2D eigenvalue weighted by atomic mass is 16.5. The molecular formula is C14H18N4O3. The molecule has 0 aliphatic rings. The number of anilines is 1. The highest BCUT2D eigenvalue weighted by Crippen LogP contribution is 2.14. The maximum Gasteiger partial charge on any atom is 0.254 e. The third kappa shape index (κ3) is 3.57. The van der Waals surface area contributed by atoms with E-state index in [-0.39, 0.29) is 18.6 Å². The lowest BCUT2D eigenvalue weighted by Gasteiger charge is -2.14. The third-order valence-electron chi connectivity index (χ3n) is 3.05. The fourth-order valence-corrected chi connectivity index (χ4v) is 1.77. The fraction of sp³-hybridized carbons (Fsp3) is 0.357. The van der Waals surface area contributed by atoms with Crippen molar-refractivity contribution >= 4 is 11.6 Å². The lowest BCUT2D eigenvalue weighted by Crippen LogP contribution is -2.26. The number of amides is 1. The van der Waals surface area contributed by atoms with Gasteiger partial charge < -0.3 is 19.9 Å². The molecule has 2 N–H and O–H groups in total. The topological polar surface area (TPSA) is 94.5 Å². The van der Waals surface area contributed by atoms with Gasteiger partial charge >= 0.3 is 0 Å². The number of carbonyl (C=O) groups is 1. The predicted octanol–water partition coefficient (Wildman–Crippen LogP) is 1.63. The van der Waals surface area contributed by atoms with E-state index < -0.39 is 0 Å². The number of carbonyl (C=O) groups excluding carboxylic acids is 1. The zero-order valence-corrected chi connectivity index (χ0v) is 12.2. The van der Waals surface area contributed by atoms with Gasteiger partial charge in [-0.2, -0.15) is 4.98 Å². The first-order chi connectivity index (χ1) is 10.0. The number of benzene rings is 1. The van der Waals surface area contributed by atoms with Gasteiger partial charge in [-0.1, -0.05) is 11.2 Å². The molecule has 1 aromatic heterocycles. The molecule has 0 bridgehead atoms. The molecule has 0 aliphatic carbocycles. The predicted molar refractivity (Wildman–Crippen MR) is 76.4 cm³/mol. The number of nitrogens with two attached hydrogens (primary N) is 1. The zero-order chi connectivity index (χ0) is 15.4. The van der Waals surface area contributed by atoms with Crippen LogP contribution in [0.1, 0.15) is 35.1 Å². The van der Waals surface area contributed by atoms with Gasteiger partial charge in [0.2, 0.25) is 5.89 Å². The van der Waals surface area contributed by atoms with Gasteiger partial charge in [-0.05, 0) is 25.1 Å². The summed E-state index contributed by atoms with van der Waals surface area (Å²) < 4.78 is 10.2. The number of hydrogen-bond acceptors (Lipinski definition) is 6. The first kappa shape index (κ1) is 15.0. The molecule has 2 aromatic rings. The van der Waals surface area contributed by atoms with Gasteiger partial charge in [0.25, 0.3) is 5.91 Å². The minimum atomic E-state index is -0.252. The van der Waals surface area contributed by atoms with Crippen LogP contribution in [0.2, 0.25) is 0 Å². The Hall–Kier alpha value is -2.41. The summed E-state index contributed by atoms with van der Waals surface area (Å²) in [7, 11) is 3.23. The van der Waals surface area contributed by atoms with Gasteiger partial charge in [0.1, 0.15) is 6.10 Å². The molecule has 0 radical (unpaired) electrons. The van der Waals surface area contributed by atoms with Crippen molar-refractivity contribution in [3.63, 3.8) is 0 Å². The van der Waals surface area contributed by atoms with Crippen molar-refractivity contribution in [2.45, 2.75) is 19.6 Å². The molecule has 7 nitrogen and oxygen atoms in total. The van der Waals surface area contributed by atoms with Gasteiger partial charge in [0, 0.05) is 25.4 Å². The van der Waals surface area contributed by atoms with E-state index in [4.69, 9.17) is 15.0 Å². The molecule has 21 heavy (non-hydrogen) atoms. The normalized spacial score (nSPS) is 12.1. The molecule has 1 atom stereocenters. The van der Waals surface area contributed by atoms with Gasteiger partial charge in [-0.15, -0.1) is 0 Å². The molecule has 0 aliphatic heterocycles. The van der Waals surface area contributed by atoms with Crippen LogP contribution >= 0.6 is 0 Å². The average molecular weight is 290 g/mol. The van der Waals surface area contributed by atoms with E-state index in [0.29, 0.717) is 23.0 Å². The SMILES string of the molecule is COC(C)c1noc(CN(C)C(=O)c2cccc(N)c2)n1. The van der Waals surface area contributed by atoms with E-state index in [1.165, 1.54) is 4.90 Å². The van der Waals surface area contributed by atoms with Crippen LogP contribution in [0.15, 0.2) is 28.8 Å². The summed E-state index contributed by atoms with van der Waals surface area (Å²) in [5, 5.41) is 3.82. The monoisotopic (exact) mass is 290 g/mol. The highest BCUT2D eigenvalue weighted by molar-refractivity contribution is 5.94. The molecule has 0 saturated carbocycles. The number of nitrogen functional groups attached to an aromatic ring is 1. The van der Waals surface area contributed by atoms with Crippen molar-refractivity contribution in [2.75, 3.05) is 19.9 Å². The molecule has 112 valence electrons. The van der Waals surface area contributed by atoms with E-state index in [1.807, 2.05) is 6.92 Å². The van der Waals surface area contributed by atoms with E-state index in [9.17, 15) is 4.79 Å². The Labute approximate surface area is 122 Å². The summed E-state index contributed by atoms with van der Waals surface area (Å²) in [6.07, 6.45) is -0.252. The molecular weight excluding hydrogens is 272 g/mol. The molecule has 1 amide bonds. The zero-order valence-electron chi connectivity index (χ0n) is 12.2. The van der Waals surface area contributed by atoms with E-state index >= 15 is 0 Å². The summed E-state index contributed by atoms with van der Waals surface area (Å²) >= 11 is 0. The maximum atomic E-state index is 12.3. The van der Waals surface area contributed by atoms with Crippen LogP contribution in [0.4, 0.5) is 5.69 Å². The lowest BCUT2D eigenvalue weighted by atomic mass is 10.2. The van der Waals surface area contributed by atoms with Gasteiger partial charge in [0.15, 0.2) is 5.82 Å². The second-order valence-corrected chi connectivity index (χ2v) is 4.71. The number of nitrogens with zero attached hydrogens (tertiary/aromatic N) is 3. The Bertz CT molecular complexity index is 626. The van der Waals surface area contributed by atoms with Crippen LogP contribution in [0, 0.1) is 0 Å². The maximum absolute atomic E-state index is 12.3. The quantitative estimate of drug-likeness (QED) is 0.841. The molecule has 2 rings (SSSR count). The molecule has 1 heterocycles. The number of rotatable bonds is 5. The van der Waals surface area contributed by atoms with Gasteiger partial charge in [-0.25, -0.2) is 0 Å². The third-order valence-corrected chi connectivity index (χ3v) is 3.05. The van der Waals surface area contributed by atoms with Crippen molar-refractivity contribution in [1.82, 2.24) is 15.0 Å². The minimum absolute atomic E-state index is 0.165.